The Balaban J connectivity index is 3.79. The molecule has 0 aromatic rings. The van der Waals surface area contributed by atoms with Gasteiger partial charge >= 0.3 is 0 Å². The number of ether oxygens (including phenoxy) is 2. The molecule has 2 heteroatoms. The summed E-state index contributed by atoms with van der Waals surface area (Å²) in [4.78, 5) is 0. The highest BCUT2D eigenvalue weighted by atomic mass is 16.7. The maximum atomic E-state index is 5.53. The molecule has 0 rings (SSSR count). The van der Waals surface area contributed by atoms with Gasteiger partial charge in [0.1, 0.15) is 0 Å². The summed E-state index contributed by atoms with van der Waals surface area (Å²) in [6, 6.07) is 0. The van der Waals surface area contributed by atoms with Gasteiger partial charge in [0.2, 0.25) is 0 Å². The maximum Gasteiger partial charge on any atom is 0.163 e. The second-order valence-electron chi connectivity index (χ2n) is 3.73. The molecule has 0 spiro atoms. The molecule has 0 atom stereocenters. The molecule has 11 heavy (non-hydrogen) atoms. The van der Waals surface area contributed by atoms with Crippen LogP contribution in [0, 0.1) is 0 Å². The molecule has 0 unspecified atom stereocenters. The largest absolute Gasteiger partial charge is 0.348 e. The van der Waals surface area contributed by atoms with Gasteiger partial charge in [-0.2, -0.15) is 0 Å². The highest BCUT2D eigenvalue weighted by Crippen LogP contribution is 2.15. The second-order valence-corrected chi connectivity index (χ2v) is 3.73. The van der Waals surface area contributed by atoms with E-state index in [1.54, 1.807) is 0 Å². The number of rotatable bonds is 4. The van der Waals surface area contributed by atoms with E-state index in [-0.39, 0.29) is 12.2 Å². The lowest BCUT2D eigenvalue weighted by molar-refractivity contribution is -0.246. The van der Waals surface area contributed by atoms with Crippen LogP contribution in [0.15, 0.2) is 0 Å². The lowest BCUT2D eigenvalue weighted by atomic mass is 10.3. The van der Waals surface area contributed by atoms with Crippen molar-refractivity contribution in [2.45, 2.75) is 59.5 Å². The average molecular weight is 160 g/mol. The smallest absolute Gasteiger partial charge is 0.163 e. The van der Waals surface area contributed by atoms with Crippen molar-refractivity contribution in [1.82, 2.24) is 0 Å². The fourth-order valence-electron chi connectivity index (χ4n) is 1.16. The monoisotopic (exact) mass is 160 g/mol. The van der Waals surface area contributed by atoms with Crippen molar-refractivity contribution in [2.24, 2.45) is 0 Å². The molecule has 0 amide bonds. The molecule has 0 N–H and O–H groups in total. The molecule has 0 aromatic heterocycles. The van der Waals surface area contributed by atoms with Gasteiger partial charge in [0.25, 0.3) is 0 Å². The van der Waals surface area contributed by atoms with Crippen molar-refractivity contribution in [3.05, 3.63) is 0 Å². The Bertz CT molecular complexity index is 94.1. The quantitative estimate of drug-likeness (QED) is 0.588. The van der Waals surface area contributed by atoms with Gasteiger partial charge in [-0.1, -0.05) is 0 Å². The van der Waals surface area contributed by atoms with E-state index in [1.165, 1.54) is 0 Å². The standard InChI is InChI=1S/C9H20O2/c1-7(2)10-9(5,6)11-8(3)4/h7-8H,1-6H3. The molecular formula is C9H20O2. The van der Waals surface area contributed by atoms with Crippen LogP contribution < -0.4 is 0 Å². The molecule has 0 saturated carbocycles. The van der Waals surface area contributed by atoms with Gasteiger partial charge in [0.15, 0.2) is 5.79 Å². The summed E-state index contributed by atoms with van der Waals surface area (Å²) in [5, 5.41) is 0. The number of hydrogen-bond donors (Lipinski definition) is 0. The van der Waals surface area contributed by atoms with E-state index in [9.17, 15) is 0 Å². The van der Waals surface area contributed by atoms with Crippen molar-refractivity contribution in [3.8, 4) is 0 Å². The lowest BCUT2D eigenvalue weighted by Gasteiger charge is -2.29. The first-order valence-electron chi connectivity index (χ1n) is 4.19. The molecule has 0 bridgehead atoms. The fraction of sp³-hybridized carbons (Fsp3) is 1.00. The van der Waals surface area contributed by atoms with Gasteiger partial charge in [-0.3, -0.25) is 0 Å². The lowest BCUT2D eigenvalue weighted by Crippen LogP contribution is -2.33. The van der Waals surface area contributed by atoms with Crippen molar-refractivity contribution < 1.29 is 9.47 Å². The normalized spacial score (nSPS) is 13.1. The van der Waals surface area contributed by atoms with Crippen LogP contribution in [0.1, 0.15) is 41.5 Å². The average Bonchev–Trinajstić information content (AvgIpc) is 1.53. The molecular weight excluding hydrogens is 140 g/mol. The third kappa shape index (κ3) is 6.32. The molecule has 0 heterocycles. The Morgan fingerprint density at radius 2 is 1.09 bits per heavy atom. The topological polar surface area (TPSA) is 18.5 Å². The van der Waals surface area contributed by atoms with Crippen LogP contribution in [0.4, 0.5) is 0 Å². The second kappa shape index (κ2) is 4.07. The highest BCUT2D eigenvalue weighted by molar-refractivity contribution is 4.57. The predicted octanol–water partition coefficient (Wildman–Crippen LogP) is 2.57. The summed E-state index contributed by atoms with van der Waals surface area (Å²) >= 11 is 0. The van der Waals surface area contributed by atoms with E-state index >= 15 is 0 Å². The van der Waals surface area contributed by atoms with Crippen molar-refractivity contribution in [1.29, 1.82) is 0 Å². The highest BCUT2D eigenvalue weighted by Gasteiger charge is 2.21. The first kappa shape index (κ1) is 10.9. The van der Waals surface area contributed by atoms with Crippen LogP contribution in [0.3, 0.4) is 0 Å². The molecule has 0 radical (unpaired) electrons. The minimum atomic E-state index is -0.456. The van der Waals surface area contributed by atoms with Crippen LogP contribution >= 0.6 is 0 Å². The van der Waals surface area contributed by atoms with Crippen molar-refractivity contribution in [2.75, 3.05) is 0 Å². The van der Waals surface area contributed by atoms with Crippen LogP contribution in [-0.4, -0.2) is 18.0 Å². The zero-order valence-corrected chi connectivity index (χ0v) is 8.47. The fourth-order valence-corrected chi connectivity index (χ4v) is 1.16. The Labute approximate surface area is 69.9 Å². The van der Waals surface area contributed by atoms with Crippen LogP contribution in [0.5, 0.6) is 0 Å². The molecule has 0 fully saturated rings. The predicted molar refractivity (Wildman–Crippen MR) is 46.5 cm³/mol. The van der Waals surface area contributed by atoms with Crippen molar-refractivity contribution >= 4 is 0 Å². The zero-order chi connectivity index (χ0) is 9.07. The van der Waals surface area contributed by atoms with Gasteiger partial charge in [0.05, 0.1) is 12.2 Å². The summed E-state index contributed by atoms with van der Waals surface area (Å²) in [6.45, 7) is 11.9. The minimum absolute atomic E-state index is 0.212. The molecule has 68 valence electrons. The summed E-state index contributed by atoms with van der Waals surface area (Å²) in [6.07, 6.45) is 0.424. The molecule has 0 aromatic carbocycles. The van der Waals surface area contributed by atoms with E-state index in [2.05, 4.69) is 0 Å². The van der Waals surface area contributed by atoms with E-state index in [0.717, 1.165) is 0 Å². The molecule has 0 saturated heterocycles. The molecule has 2 nitrogen and oxygen atoms in total. The minimum Gasteiger partial charge on any atom is -0.348 e. The van der Waals surface area contributed by atoms with Gasteiger partial charge in [-0.05, 0) is 41.5 Å². The van der Waals surface area contributed by atoms with Crippen LogP contribution in [-0.2, 0) is 9.47 Å². The molecule has 0 aliphatic carbocycles. The third-order valence-electron chi connectivity index (χ3n) is 1.04. The summed E-state index contributed by atoms with van der Waals surface area (Å²) in [5.41, 5.74) is 0. The third-order valence-corrected chi connectivity index (χ3v) is 1.04. The first-order valence-corrected chi connectivity index (χ1v) is 4.19. The Morgan fingerprint density at radius 3 is 1.27 bits per heavy atom. The first-order chi connectivity index (χ1) is 4.83. The van der Waals surface area contributed by atoms with Crippen molar-refractivity contribution in [3.63, 3.8) is 0 Å². The Kier molecular flexibility index (Phi) is 4.04. The summed E-state index contributed by atoms with van der Waals surface area (Å²) in [7, 11) is 0. The van der Waals surface area contributed by atoms with Gasteiger partial charge in [-0.25, -0.2) is 0 Å². The van der Waals surface area contributed by atoms with Crippen LogP contribution in [0.2, 0.25) is 0 Å². The SMILES string of the molecule is CC(C)OC(C)(C)OC(C)C. The van der Waals surface area contributed by atoms with E-state index < -0.39 is 5.79 Å². The zero-order valence-electron chi connectivity index (χ0n) is 8.47. The van der Waals surface area contributed by atoms with Crippen LogP contribution in [0.25, 0.3) is 0 Å². The molecule has 0 aliphatic heterocycles. The maximum absolute atomic E-state index is 5.53. The number of hydrogen-bond acceptors (Lipinski definition) is 2. The van der Waals surface area contributed by atoms with E-state index in [4.69, 9.17) is 9.47 Å². The molecule has 0 aliphatic rings. The van der Waals surface area contributed by atoms with Gasteiger partial charge in [-0.15, -0.1) is 0 Å². The van der Waals surface area contributed by atoms with E-state index in [1.807, 2.05) is 41.5 Å². The van der Waals surface area contributed by atoms with Gasteiger partial charge < -0.3 is 9.47 Å². The Morgan fingerprint density at radius 1 is 0.818 bits per heavy atom. The van der Waals surface area contributed by atoms with Gasteiger partial charge in [0, 0.05) is 0 Å². The van der Waals surface area contributed by atoms with E-state index in [0.29, 0.717) is 0 Å². The summed E-state index contributed by atoms with van der Waals surface area (Å²) < 4.78 is 11.1. The Hall–Kier alpha value is -0.0800. The summed E-state index contributed by atoms with van der Waals surface area (Å²) in [5.74, 6) is -0.456.